The molecule has 1 aromatic heterocycles. The van der Waals surface area contributed by atoms with E-state index in [4.69, 9.17) is 0 Å². The van der Waals surface area contributed by atoms with Gasteiger partial charge in [0.25, 0.3) is 0 Å². The number of hydrogen-bond acceptors (Lipinski definition) is 3. The molecule has 0 unspecified atom stereocenters. The fourth-order valence-corrected chi connectivity index (χ4v) is 4.75. The SMILES string of the molecule is CCCCc1[nH]c(Cc2ccccc2)c(O)c1S(=O)(=O)c1ccc(C)cc1. The van der Waals surface area contributed by atoms with Crippen LogP contribution in [0.1, 0.15) is 42.3 Å². The zero-order valence-corrected chi connectivity index (χ0v) is 16.5. The van der Waals surface area contributed by atoms with E-state index in [1.807, 2.05) is 37.3 Å². The minimum Gasteiger partial charge on any atom is -0.505 e. The lowest BCUT2D eigenvalue weighted by molar-refractivity contribution is 0.454. The lowest BCUT2D eigenvalue weighted by atomic mass is 10.1. The quantitative estimate of drug-likeness (QED) is 0.616. The molecule has 2 aromatic carbocycles. The number of benzene rings is 2. The number of rotatable bonds is 7. The van der Waals surface area contributed by atoms with Crippen LogP contribution >= 0.6 is 0 Å². The van der Waals surface area contributed by atoms with Crippen LogP contribution in [-0.2, 0) is 22.7 Å². The van der Waals surface area contributed by atoms with Gasteiger partial charge in [-0.15, -0.1) is 0 Å². The monoisotopic (exact) mass is 383 g/mol. The average molecular weight is 384 g/mol. The van der Waals surface area contributed by atoms with E-state index in [9.17, 15) is 13.5 Å². The van der Waals surface area contributed by atoms with Crippen LogP contribution in [0.25, 0.3) is 0 Å². The molecule has 0 bridgehead atoms. The van der Waals surface area contributed by atoms with Gasteiger partial charge in [0, 0.05) is 12.1 Å². The second-order valence-electron chi connectivity index (χ2n) is 6.84. The van der Waals surface area contributed by atoms with Crippen molar-refractivity contribution in [2.24, 2.45) is 0 Å². The number of sulfone groups is 1. The predicted octanol–water partition coefficient (Wildman–Crippen LogP) is 4.79. The topological polar surface area (TPSA) is 70.2 Å². The molecule has 2 N–H and O–H groups in total. The van der Waals surface area contributed by atoms with Crippen molar-refractivity contribution in [3.63, 3.8) is 0 Å². The van der Waals surface area contributed by atoms with Crippen molar-refractivity contribution in [1.82, 2.24) is 4.98 Å². The number of aromatic hydroxyl groups is 1. The van der Waals surface area contributed by atoms with Crippen molar-refractivity contribution in [3.05, 3.63) is 77.1 Å². The highest BCUT2D eigenvalue weighted by Gasteiger charge is 2.29. The Hall–Kier alpha value is -2.53. The summed E-state index contributed by atoms with van der Waals surface area (Å²) in [5.41, 5.74) is 3.12. The summed E-state index contributed by atoms with van der Waals surface area (Å²) in [6, 6.07) is 16.4. The smallest absolute Gasteiger partial charge is 0.212 e. The van der Waals surface area contributed by atoms with Crippen LogP contribution in [0, 0.1) is 6.92 Å². The van der Waals surface area contributed by atoms with Gasteiger partial charge in [0.15, 0.2) is 5.75 Å². The van der Waals surface area contributed by atoms with Crippen LogP contribution in [0.3, 0.4) is 0 Å². The normalized spacial score (nSPS) is 11.6. The molecule has 0 saturated carbocycles. The summed E-state index contributed by atoms with van der Waals surface area (Å²) < 4.78 is 26.5. The number of nitrogens with one attached hydrogen (secondary N) is 1. The van der Waals surface area contributed by atoms with E-state index in [-0.39, 0.29) is 15.5 Å². The maximum Gasteiger partial charge on any atom is 0.212 e. The van der Waals surface area contributed by atoms with Gasteiger partial charge in [0.05, 0.1) is 10.6 Å². The molecule has 0 amide bonds. The summed E-state index contributed by atoms with van der Waals surface area (Å²) >= 11 is 0. The number of H-pyrrole nitrogens is 1. The van der Waals surface area contributed by atoms with E-state index in [1.165, 1.54) is 0 Å². The van der Waals surface area contributed by atoms with Crippen molar-refractivity contribution in [1.29, 1.82) is 0 Å². The summed E-state index contributed by atoms with van der Waals surface area (Å²) in [6.45, 7) is 3.97. The zero-order chi connectivity index (χ0) is 19.4. The molecule has 0 fully saturated rings. The Kier molecular flexibility index (Phi) is 5.71. The molecule has 5 heteroatoms. The highest BCUT2D eigenvalue weighted by Crippen LogP contribution is 2.36. The summed E-state index contributed by atoms with van der Waals surface area (Å²) in [6.07, 6.45) is 2.83. The minimum atomic E-state index is -3.80. The predicted molar refractivity (Wildman–Crippen MR) is 107 cm³/mol. The molecule has 0 aliphatic rings. The van der Waals surface area contributed by atoms with Crippen molar-refractivity contribution in [2.75, 3.05) is 0 Å². The van der Waals surface area contributed by atoms with Crippen molar-refractivity contribution in [2.45, 2.75) is 49.3 Å². The van der Waals surface area contributed by atoms with Gasteiger partial charge in [0.1, 0.15) is 4.90 Å². The third kappa shape index (κ3) is 4.08. The molecule has 4 nitrogen and oxygen atoms in total. The number of aromatic nitrogens is 1. The Morgan fingerprint density at radius 2 is 1.63 bits per heavy atom. The molecule has 3 rings (SSSR count). The molecule has 0 saturated heterocycles. The molecule has 3 aromatic rings. The summed E-state index contributed by atoms with van der Waals surface area (Å²) in [7, 11) is -3.80. The van der Waals surface area contributed by atoms with E-state index >= 15 is 0 Å². The first-order chi connectivity index (χ1) is 12.9. The fraction of sp³-hybridized carbons (Fsp3) is 0.273. The Morgan fingerprint density at radius 3 is 2.26 bits per heavy atom. The van der Waals surface area contributed by atoms with Crippen LogP contribution in [0.4, 0.5) is 0 Å². The molecule has 142 valence electrons. The zero-order valence-electron chi connectivity index (χ0n) is 15.7. The van der Waals surface area contributed by atoms with Gasteiger partial charge >= 0.3 is 0 Å². The molecule has 0 radical (unpaired) electrons. The second-order valence-corrected chi connectivity index (χ2v) is 8.73. The number of hydrogen-bond donors (Lipinski definition) is 2. The lowest BCUT2D eigenvalue weighted by Crippen LogP contribution is -2.05. The van der Waals surface area contributed by atoms with Gasteiger partial charge < -0.3 is 10.1 Å². The van der Waals surface area contributed by atoms with E-state index in [0.29, 0.717) is 24.2 Å². The molecule has 0 aliphatic carbocycles. The summed E-state index contributed by atoms with van der Waals surface area (Å²) in [4.78, 5) is 3.41. The molecule has 0 atom stereocenters. The van der Waals surface area contributed by atoms with Crippen LogP contribution < -0.4 is 0 Å². The highest BCUT2D eigenvalue weighted by molar-refractivity contribution is 7.91. The lowest BCUT2D eigenvalue weighted by Gasteiger charge is -2.07. The molecular formula is C22H25NO3S. The van der Waals surface area contributed by atoms with Crippen LogP contribution in [-0.4, -0.2) is 18.5 Å². The number of unbranched alkanes of at least 4 members (excludes halogenated alkanes) is 1. The fourth-order valence-electron chi connectivity index (χ4n) is 3.16. The minimum absolute atomic E-state index is 0.0192. The van der Waals surface area contributed by atoms with E-state index in [0.717, 1.165) is 24.0 Å². The number of aryl methyl sites for hydroxylation is 2. The third-order valence-corrected chi connectivity index (χ3v) is 6.55. The Morgan fingerprint density at radius 1 is 0.963 bits per heavy atom. The van der Waals surface area contributed by atoms with Gasteiger partial charge in [-0.05, 0) is 37.5 Å². The summed E-state index contributed by atoms with van der Waals surface area (Å²) in [5.74, 6) is -0.162. The van der Waals surface area contributed by atoms with Crippen LogP contribution in [0.2, 0.25) is 0 Å². The molecule has 0 spiro atoms. The maximum absolute atomic E-state index is 13.2. The molecule has 1 heterocycles. The molecular weight excluding hydrogens is 358 g/mol. The molecule has 27 heavy (non-hydrogen) atoms. The number of aromatic amines is 1. The standard InChI is InChI=1S/C22H25NO3S/c1-3-4-10-19-22(27(25,26)18-13-11-16(2)12-14-18)21(24)20(23-19)15-17-8-6-5-7-9-17/h5-9,11-14,23-24H,3-4,10,15H2,1-2H3. The molecule has 0 aliphatic heterocycles. The van der Waals surface area contributed by atoms with E-state index in [1.54, 1.807) is 24.3 Å². The highest BCUT2D eigenvalue weighted by atomic mass is 32.2. The summed E-state index contributed by atoms with van der Waals surface area (Å²) in [5, 5.41) is 10.8. The van der Waals surface area contributed by atoms with Gasteiger partial charge in [-0.25, -0.2) is 8.42 Å². The van der Waals surface area contributed by atoms with Gasteiger partial charge in [0.2, 0.25) is 9.84 Å². The van der Waals surface area contributed by atoms with Gasteiger partial charge in [-0.1, -0.05) is 61.4 Å². The van der Waals surface area contributed by atoms with Crippen molar-refractivity contribution >= 4 is 9.84 Å². The largest absolute Gasteiger partial charge is 0.505 e. The van der Waals surface area contributed by atoms with Crippen LogP contribution in [0.15, 0.2) is 64.4 Å². The van der Waals surface area contributed by atoms with Crippen LogP contribution in [0.5, 0.6) is 5.75 Å². The Labute approximate surface area is 160 Å². The first-order valence-corrected chi connectivity index (χ1v) is 10.7. The van der Waals surface area contributed by atoms with Crippen molar-refractivity contribution in [3.8, 4) is 5.75 Å². The first kappa shape index (κ1) is 19.2. The van der Waals surface area contributed by atoms with Crippen molar-refractivity contribution < 1.29 is 13.5 Å². The average Bonchev–Trinajstić information content (AvgIpc) is 2.97. The Balaban J connectivity index is 2.08. The third-order valence-electron chi connectivity index (χ3n) is 4.68. The van der Waals surface area contributed by atoms with Gasteiger partial charge in [-0.2, -0.15) is 0 Å². The Bertz CT molecular complexity index is 1000. The first-order valence-electron chi connectivity index (χ1n) is 9.22. The maximum atomic E-state index is 13.2. The second kappa shape index (κ2) is 8.01. The van der Waals surface area contributed by atoms with E-state index < -0.39 is 9.84 Å². The van der Waals surface area contributed by atoms with E-state index in [2.05, 4.69) is 11.9 Å². The van der Waals surface area contributed by atoms with Gasteiger partial charge in [-0.3, -0.25) is 0 Å².